The van der Waals surface area contributed by atoms with Gasteiger partial charge in [0.2, 0.25) is 0 Å². The van der Waals surface area contributed by atoms with Gasteiger partial charge in [-0.05, 0) is 6.92 Å². The number of carbonyl (C=O) groups is 1. The number of hydrogen-bond donors (Lipinski definition) is 0. The molecule has 0 unspecified atom stereocenters. The zero-order chi connectivity index (χ0) is 5.70. The Morgan fingerprint density at radius 2 is 2.43 bits per heavy atom. The van der Waals surface area contributed by atoms with Gasteiger partial charge < -0.3 is 4.74 Å². The van der Waals surface area contributed by atoms with Gasteiger partial charge in [-0.15, -0.1) is 0 Å². The van der Waals surface area contributed by atoms with Crippen molar-refractivity contribution in [3.05, 3.63) is 12.7 Å². The predicted octanol–water partition coefficient (Wildman–Crippen LogP) is 0.734. The molecule has 0 fully saturated rings. The molecule has 0 aliphatic heterocycles. The van der Waals surface area contributed by atoms with Gasteiger partial charge in [0, 0.05) is 0 Å². The Morgan fingerprint density at radius 3 is 2.57 bits per heavy atom. The molecule has 1 atom stereocenters. The molecule has 0 saturated heterocycles. The van der Waals surface area contributed by atoms with E-state index in [0.717, 1.165) is 0 Å². The number of hydrogen-bond acceptors (Lipinski definition) is 2. The van der Waals surface area contributed by atoms with Crippen molar-refractivity contribution in [1.29, 1.82) is 0 Å². The Kier molecular flexibility index (Phi) is 3.02. The molecule has 0 aromatic heterocycles. The topological polar surface area (TPSA) is 26.3 Å². The van der Waals surface area contributed by atoms with Gasteiger partial charge in [0.05, 0.1) is 0 Å². The molecule has 0 aliphatic carbocycles. The lowest BCUT2D eigenvalue weighted by Crippen LogP contribution is -2.00. The second kappa shape index (κ2) is 3.40. The lowest BCUT2D eigenvalue weighted by Gasteiger charge is -1.98. The van der Waals surface area contributed by atoms with Crippen LogP contribution in [0.15, 0.2) is 12.7 Å². The van der Waals surface area contributed by atoms with E-state index in [1.807, 2.05) is 0 Å². The van der Waals surface area contributed by atoms with Crippen LogP contribution in [0.4, 0.5) is 0 Å². The van der Waals surface area contributed by atoms with Crippen LogP contribution in [0.2, 0.25) is 0 Å². The van der Waals surface area contributed by atoms with E-state index in [4.69, 9.17) is 0 Å². The fourth-order valence-corrected chi connectivity index (χ4v) is 0.143. The van der Waals surface area contributed by atoms with E-state index in [0.29, 0.717) is 6.47 Å². The minimum atomic E-state index is -0.155. The third kappa shape index (κ3) is 3.03. The van der Waals surface area contributed by atoms with E-state index < -0.39 is 0 Å². The van der Waals surface area contributed by atoms with Crippen LogP contribution in [0.1, 0.15) is 6.92 Å². The van der Waals surface area contributed by atoms with Crippen LogP contribution in [0.25, 0.3) is 0 Å². The molecule has 0 heterocycles. The van der Waals surface area contributed by atoms with Crippen molar-refractivity contribution in [2.24, 2.45) is 0 Å². The minimum absolute atomic E-state index is 0.155. The van der Waals surface area contributed by atoms with Crippen molar-refractivity contribution in [2.75, 3.05) is 0 Å². The standard InChI is InChI=1S/C5H8O2/c1-3-5(2)7-4-6/h3-5H,1H2,2H3/t5-/m0/s1. The van der Waals surface area contributed by atoms with E-state index in [1.54, 1.807) is 13.0 Å². The predicted molar refractivity (Wildman–Crippen MR) is 26.8 cm³/mol. The molecule has 7 heavy (non-hydrogen) atoms. The molecular weight excluding hydrogens is 92.1 g/mol. The average molecular weight is 100 g/mol. The highest BCUT2D eigenvalue weighted by Gasteiger charge is 1.87. The third-order valence-corrected chi connectivity index (χ3v) is 0.602. The molecule has 0 amide bonds. The fourth-order valence-electron chi connectivity index (χ4n) is 0.143. The van der Waals surface area contributed by atoms with Gasteiger partial charge in [0.1, 0.15) is 6.10 Å². The van der Waals surface area contributed by atoms with E-state index in [-0.39, 0.29) is 6.10 Å². The second-order valence-electron chi connectivity index (χ2n) is 1.17. The van der Waals surface area contributed by atoms with Gasteiger partial charge >= 0.3 is 0 Å². The van der Waals surface area contributed by atoms with Crippen molar-refractivity contribution >= 4 is 6.47 Å². The molecule has 0 aliphatic rings. The number of rotatable bonds is 3. The molecular formula is C5H8O2. The molecule has 0 aromatic rings. The Bertz CT molecular complexity index is 68.5. The van der Waals surface area contributed by atoms with Gasteiger partial charge in [0.15, 0.2) is 0 Å². The zero-order valence-corrected chi connectivity index (χ0v) is 4.26. The van der Waals surface area contributed by atoms with Crippen LogP contribution in [0.5, 0.6) is 0 Å². The highest BCUT2D eigenvalue weighted by Crippen LogP contribution is 1.84. The van der Waals surface area contributed by atoms with Gasteiger partial charge in [0.25, 0.3) is 6.47 Å². The first-order valence-corrected chi connectivity index (χ1v) is 2.03. The summed E-state index contributed by atoms with van der Waals surface area (Å²) >= 11 is 0. The molecule has 0 spiro atoms. The summed E-state index contributed by atoms with van der Waals surface area (Å²) in [5, 5.41) is 0. The second-order valence-corrected chi connectivity index (χ2v) is 1.17. The van der Waals surface area contributed by atoms with Crippen molar-refractivity contribution < 1.29 is 9.53 Å². The monoisotopic (exact) mass is 100 g/mol. The maximum absolute atomic E-state index is 9.50. The van der Waals surface area contributed by atoms with Gasteiger partial charge in [-0.2, -0.15) is 0 Å². The summed E-state index contributed by atoms with van der Waals surface area (Å²) in [5.74, 6) is 0. The molecule has 0 bridgehead atoms. The van der Waals surface area contributed by atoms with E-state index in [1.165, 1.54) is 0 Å². The summed E-state index contributed by atoms with van der Waals surface area (Å²) in [4.78, 5) is 9.50. The summed E-state index contributed by atoms with van der Waals surface area (Å²) < 4.78 is 4.39. The Balaban J connectivity index is 3.15. The van der Waals surface area contributed by atoms with Crippen molar-refractivity contribution in [3.63, 3.8) is 0 Å². The number of carbonyl (C=O) groups excluding carboxylic acids is 1. The van der Waals surface area contributed by atoms with E-state index in [2.05, 4.69) is 11.3 Å². The highest BCUT2D eigenvalue weighted by atomic mass is 16.5. The first-order chi connectivity index (χ1) is 3.31. The lowest BCUT2D eigenvalue weighted by molar-refractivity contribution is -0.130. The van der Waals surface area contributed by atoms with Crippen LogP contribution in [-0.4, -0.2) is 12.6 Å². The molecule has 40 valence electrons. The maximum atomic E-state index is 9.50. The van der Waals surface area contributed by atoms with Crippen molar-refractivity contribution in [1.82, 2.24) is 0 Å². The first kappa shape index (κ1) is 6.21. The van der Waals surface area contributed by atoms with Crippen LogP contribution >= 0.6 is 0 Å². The summed E-state index contributed by atoms with van der Waals surface area (Å²) in [7, 11) is 0. The SMILES string of the molecule is C=C[C@H](C)OC=O. The summed E-state index contributed by atoms with van der Waals surface area (Å²) in [5.41, 5.74) is 0. The molecule has 0 saturated carbocycles. The van der Waals surface area contributed by atoms with Crippen molar-refractivity contribution in [2.45, 2.75) is 13.0 Å². The first-order valence-electron chi connectivity index (χ1n) is 2.03. The number of ether oxygens (including phenoxy) is 1. The van der Waals surface area contributed by atoms with Crippen LogP contribution < -0.4 is 0 Å². The fraction of sp³-hybridized carbons (Fsp3) is 0.400. The van der Waals surface area contributed by atoms with Crippen molar-refractivity contribution in [3.8, 4) is 0 Å². The molecule has 2 heteroatoms. The zero-order valence-electron chi connectivity index (χ0n) is 4.26. The maximum Gasteiger partial charge on any atom is 0.293 e. The Hall–Kier alpha value is -0.790. The third-order valence-electron chi connectivity index (χ3n) is 0.602. The molecule has 0 N–H and O–H groups in total. The van der Waals surface area contributed by atoms with E-state index >= 15 is 0 Å². The normalized spacial score (nSPS) is 12.1. The van der Waals surface area contributed by atoms with Crippen LogP contribution in [-0.2, 0) is 9.53 Å². The Labute approximate surface area is 42.8 Å². The summed E-state index contributed by atoms with van der Waals surface area (Å²) in [6.45, 7) is 5.54. The molecule has 2 nitrogen and oxygen atoms in total. The lowest BCUT2D eigenvalue weighted by atomic mass is 10.4. The molecule has 0 aromatic carbocycles. The molecule has 0 rings (SSSR count). The van der Waals surface area contributed by atoms with Crippen LogP contribution in [0, 0.1) is 0 Å². The van der Waals surface area contributed by atoms with Gasteiger partial charge in [-0.3, -0.25) is 4.79 Å². The van der Waals surface area contributed by atoms with Crippen LogP contribution in [0.3, 0.4) is 0 Å². The molecule has 0 radical (unpaired) electrons. The summed E-state index contributed by atoms with van der Waals surface area (Å²) in [6, 6.07) is 0. The largest absolute Gasteiger partial charge is 0.461 e. The average Bonchev–Trinajstić information content (AvgIpc) is 1.68. The minimum Gasteiger partial charge on any atom is -0.461 e. The van der Waals surface area contributed by atoms with Gasteiger partial charge in [-0.1, -0.05) is 12.7 Å². The summed E-state index contributed by atoms with van der Waals surface area (Å²) in [6.07, 6.45) is 1.39. The Morgan fingerprint density at radius 1 is 1.86 bits per heavy atom. The smallest absolute Gasteiger partial charge is 0.293 e. The highest BCUT2D eigenvalue weighted by molar-refractivity contribution is 5.37. The van der Waals surface area contributed by atoms with E-state index in [9.17, 15) is 4.79 Å². The van der Waals surface area contributed by atoms with Gasteiger partial charge in [-0.25, -0.2) is 0 Å². The quantitative estimate of drug-likeness (QED) is 0.386.